The monoisotopic (exact) mass is 456 g/mol. The fraction of sp³-hybridized carbons (Fsp3) is 0.182. The van der Waals surface area contributed by atoms with Gasteiger partial charge in [0.05, 0.1) is 11.1 Å². The van der Waals surface area contributed by atoms with Crippen LogP contribution in [0.15, 0.2) is 65.1 Å². The molecule has 3 aromatic rings. The van der Waals surface area contributed by atoms with Crippen LogP contribution in [0.25, 0.3) is 10.8 Å². The summed E-state index contributed by atoms with van der Waals surface area (Å²) in [6.45, 7) is 2.34. The molecule has 3 aromatic carbocycles. The molecular weight excluding hydrogens is 436 g/mol. The average molecular weight is 457 g/mol. The molecule has 0 heterocycles. The molecule has 0 aliphatic heterocycles. The standard InChI is InChI=1S/C22H21BrN2O4/c1-2-12-28-17-8-5-7-16(13-17)22(27)25-24-20(26)14-29-19-11-10-15-6-3-4-9-18(15)21(19)23/h3-11,13H,2,12,14H2,1H3,(H,24,26)(H,25,27). The Morgan fingerprint density at radius 3 is 2.62 bits per heavy atom. The van der Waals surface area contributed by atoms with Crippen molar-refractivity contribution in [3.63, 3.8) is 0 Å². The number of rotatable bonds is 7. The Hall–Kier alpha value is -3.06. The number of hydrazine groups is 1. The Morgan fingerprint density at radius 1 is 0.966 bits per heavy atom. The highest BCUT2D eigenvalue weighted by atomic mass is 79.9. The van der Waals surface area contributed by atoms with Gasteiger partial charge >= 0.3 is 0 Å². The maximum Gasteiger partial charge on any atom is 0.276 e. The van der Waals surface area contributed by atoms with E-state index in [0.29, 0.717) is 23.7 Å². The average Bonchev–Trinajstić information content (AvgIpc) is 2.76. The zero-order valence-electron chi connectivity index (χ0n) is 15.9. The number of ether oxygens (including phenoxy) is 2. The lowest BCUT2D eigenvalue weighted by atomic mass is 10.1. The SMILES string of the molecule is CCCOc1cccc(C(=O)NNC(=O)COc2ccc3ccccc3c2Br)c1. The summed E-state index contributed by atoms with van der Waals surface area (Å²) in [5.74, 6) is 0.241. The van der Waals surface area contributed by atoms with Crippen LogP contribution in [0, 0.1) is 0 Å². The first kappa shape index (κ1) is 20.7. The van der Waals surface area contributed by atoms with Crippen molar-refractivity contribution in [2.45, 2.75) is 13.3 Å². The molecule has 0 saturated carbocycles. The first-order chi connectivity index (χ1) is 14.1. The zero-order valence-corrected chi connectivity index (χ0v) is 17.5. The predicted octanol–water partition coefficient (Wildman–Crippen LogP) is 4.23. The van der Waals surface area contributed by atoms with E-state index in [4.69, 9.17) is 9.47 Å². The quantitative estimate of drug-likeness (QED) is 0.521. The largest absolute Gasteiger partial charge is 0.494 e. The van der Waals surface area contributed by atoms with Crippen molar-refractivity contribution in [3.05, 3.63) is 70.7 Å². The van der Waals surface area contributed by atoms with Crippen LogP contribution in [0.5, 0.6) is 11.5 Å². The summed E-state index contributed by atoms with van der Waals surface area (Å²) in [6.07, 6.45) is 0.875. The second-order valence-electron chi connectivity index (χ2n) is 6.27. The summed E-state index contributed by atoms with van der Waals surface area (Å²) in [6, 6.07) is 18.3. The van der Waals surface area contributed by atoms with E-state index in [2.05, 4.69) is 26.8 Å². The number of nitrogens with one attached hydrogen (secondary N) is 2. The van der Waals surface area contributed by atoms with Crippen LogP contribution in [0.1, 0.15) is 23.7 Å². The van der Waals surface area contributed by atoms with E-state index >= 15 is 0 Å². The van der Waals surface area contributed by atoms with Crippen LogP contribution in [0.2, 0.25) is 0 Å². The highest BCUT2D eigenvalue weighted by Gasteiger charge is 2.11. The van der Waals surface area contributed by atoms with Crippen molar-refractivity contribution >= 4 is 38.5 Å². The van der Waals surface area contributed by atoms with Gasteiger partial charge in [0.2, 0.25) is 0 Å². The molecule has 7 heteroatoms. The minimum absolute atomic E-state index is 0.239. The molecule has 150 valence electrons. The third-order valence-corrected chi connectivity index (χ3v) is 4.89. The van der Waals surface area contributed by atoms with Crippen LogP contribution in [-0.4, -0.2) is 25.0 Å². The molecule has 0 spiro atoms. The normalized spacial score (nSPS) is 10.4. The maximum atomic E-state index is 12.2. The lowest BCUT2D eigenvalue weighted by Crippen LogP contribution is -2.43. The first-order valence-electron chi connectivity index (χ1n) is 9.20. The molecule has 0 bridgehead atoms. The fourth-order valence-corrected chi connectivity index (χ4v) is 3.26. The van der Waals surface area contributed by atoms with Gasteiger partial charge in [0.25, 0.3) is 11.8 Å². The highest BCUT2D eigenvalue weighted by Crippen LogP contribution is 2.32. The molecule has 0 aliphatic rings. The van der Waals surface area contributed by atoms with E-state index in [9.17, 15) is 9.59 Å². The summed E-state index contributed by atoms with van der Waals surface area (Å²) < 4.78 is 11.9. The minimum atomic E-state index is -0.475. The molecule has 0 saturated heterocycles. The predicted molar refractivity (Wildman–Crippen MR) is 115 cm³/mol. The molecule has 0 atom stereocenters. The number of fused-ring (bicyclic) bond motifs is 1. The lowest BCUT2D eigenvalue weighted by molar-refractivity contribution is -0.123. The fourth-order valence-electron chi connectivity index (χ4n) is 2.65. The van der Waals surface area contributed by atoms with Gasteiger partial charge in [-0.2, -0.15) is 0 Å². The Morgan fingerprint density at radius 2 is 1.79 bits per heavy atom. The Labute approximate surface area is 177 Å². The van der Waals surface area contributed by atoms with E-state index in [-0.39, 0.29) is 6.61 Å². The number of benzene rings is 3. The molecule has 6 nitrogen and oxygen atoms in total. The second-order valence-corrected chi connectivity index (χ2v) is 7.06. The van der Waals surface area contributed by atoms with E-state index in [1.807, 2.05) is 37.3 Å². The van der Waals surface area contributed by atoms with E-state index in [1.54, 1.807) is 30.3 Å². The number of hydrogen-bond acceptors (Lipinski definition) is 4. The topological polar surface area (TPSA) is 76.7 Å². The van der Waals surface area contributed by atoms with Crippen molar-refractivity contribution in [2.24, 2.45) is 0 Å². The molecule has 3 rings (SSSR count). The van der Waals surface area contributed by atoms with E-state index < -0.39 is 11.8 Å². The maximum absolute atomic E-state index is 12.2. The second kappa shape index (κ2) is 9.93. The summed E-state index contributed by atoms with van der Waals surface area (Å²) in [4.78, 5) is 24.3. The lowest BCUT2D eigenvalue weighted by Gasteiger charge is -2.12. The molecule has 0 aliphatic carbocycles. The van der Waals surface area contributed by atoms with Crippen molar-refractivity contribution in [1.29, 1.82) is 0 Å². The van der Waals surface area contributed by atoms with E-state index in [1.165, 1.54) is 0 Å². The van der Waals surface area contributed by atoms with Gasteiger partial charge in [-0.25, -0.2) is 0 Å². The molecule has 0 aromatic heterocycles. The smallest absolute Gasteiger partial charge is 0.276 e. The van der Waals surface area contributed by atoms with Crippen LogP contribution in [0.4, 0.5) is 0 Å². The molecule has 29 heavy (non-hydrogen) atoms. The first-order valence-corrected chi connectivity index (χ1v) is 10.00. The van der Waals surface area contributed by atoms with Gasteiger partial charge in [-0.1, -0.05) is 43.3 Å². The van der Waals surface area contributed by atoms with Crippen molar-refractivity contribution in [1.82, 2.24) is 10.9 Å². The number of hydrogen-bond donors (Lipinski definition) is 2. The summed E-state index contributed by atoms with van der Waals surface area (Å²) >= 11 is 3.51. The van der Waals surface area contributed by atoms with Crippen LogP contribution in [0.3, 0.4) is 0 Å². The van der Waals surface area contributed by atoms with Crippen molar-refractivity contribution in [3.8, 4) is 11.5 Å². The van der Waals surface area contributed by atoms with Crippen LogP contribution < -0.4 is 20.3 Å². The molecule has 2 amide bonds. The van der Waals surface area contributed by atoms with E-state index in [0.717, 1.165) is 21.7 Å². The van der Waals surface area contributed by atoms with Crippen LogP contribution >= 0.6 is 15.9 Å². The van der Waals surface area contributed by atoms with Gasteiger partial charge in [0, 0.05) is 5.56 Å². The summed E-state index contributed by atoms with van der Waals surface area (Å²) in [7, 11) is 0. The molecule has 0 fully saturated rings. The number of carbonyl (C=O) groups is 2. The zero-order chi connectivity index (χ0) is 20.6. The number of halogens is 1. The van der Waals surface area contributed by atoms with Gasteiger partial charge in [-0.3, -0.25) is 20.4 Å². The van der Waals surface area contributed by atoms with Crippen molar-refractivity contribution in [2.75, 3.05) is 13.2 Å². The molecule has 0 unspecified atom stereocenters. The van der Waals surface area contributed by atoms with Gasteiger partial charge in [-0.15, -0.1) is 0 Å². The summed E-state index contributed by atoms with van der Waals surface area (Å²) in [5, 5.41) is 2.05. The molecule has 0 radical (unpaired) electrons. The van der Waals surface area contributed by atoms with Gasteiger partial charge < -0.3 is 9.47 Å². The van der Waals surface area contributed by atoms with Gasteiger partial charge in [-0.05, 0) is 57.4 Å². The van der Waals surface area contributed by atoms with Crippen LogP contribution in [-0.2, 0) is 4.79 Å². The number of amides is 2. The Kier molecular flexibility index (Phi) is 7.08. The molecule has 2 N–H and O–H groups in total. The van der Waals surface area contributed by atoms with Gasteiger partial charge in [0.1, 0.15) is 11.5 Å². The number of carbonyl (C=O) groups excluding carboxylic acids is 2. The highest BCUT2D eigenvalue weighted by molar-refractivity contribution is 9.10. The Balaban J connectivity index is 1.52. The summed E-state index contributed by atoms with van der Waals surface area (Å²) in [5.41, 5.74) is 5.11. The Bertz CT molecular complexity index is 1020. The third kappa shape index (κ3) is 5.48. The van der Waals surface area contributed by atoms with Gasteiger partial charge in [0.15, 0.2) is 6.61 Å². The molecular formula is C22H21BrN2O4. The minimum Gasteiger partial charge on any atom is -0.494 e. The van der Waals surface area contributed by atoms with Crippen molar-refractivity contribution < 1.29 is 19.1 Å². The third-order valence-electron chi connectivity index (χ3n) is 4.07.